The number of nitrogens with zero attached hydrogens (tertiary/aromatic N) is 1. The van der Waals surface area contributed by atoms with E-state index < -0.39 is 5.91 Å². The fourth-order valence-corrected chi connectivity index (χ4v) is 2.41. The second-order valence-electron chi connectivity index (χ2n) is 5.87. The summed E-state index contributed by atoms with van der Waals surface area (Å²) in [6.07, 6.45) is 3.11. The van der Waals surface area contributed by atoms with Crippen molar-refractivity contribution in [3.63, 3.8) is 0 Å². The number of aryl methyl sites for hydroxylation is 1. The number of hydrogen-bond donors (Lipinski definition) is 1. The molecule has 2 aromatic carbocycles. The first kappa shape index (κ1) is 19.8. The average Bonchev–Trinajstić information content (AvgIpc) is 2.68. The van der Waals surface area contributed by atoms with Crippen LogP contribution < -0.4 is 14.8 Å². The molecule has 1 N–H and O–H groups in total. The van der Waals surface area contributed by atoms with Crippen molar-refractivity contribution in [1.82, 2.24) is 0 Å². The monoisotopic (exact) mass is 362 g/mol. The number of methoxy groups -OCH3 is 1. The lowest BCUT2D eigenvalue weighted by Crippen LogP contribution is -2.14. The van der Waals surface area contributed by atoms with Crippen LogP contribution in [0.25, 0.3) is 6.08 Å². The van der Waals surface area contributed by atoms with Crippen molar-refractivity contribution in [2.75, 3.05) is 19.0 Å². The molecule has 1 amide bonds. The van der Waals surface area contributed by atoms with E-state index in [1.165, 1.54) is 6.08 Å². The van der Waals surface area contributed by atoms with Gasteiger partial charge in [0.15, 0.2) is 0 Å². The van der Waals surface area contributed by atoms with Crippen molar-refractivity contribution in [3.8, 4) is 17.6 Å². The summed E-state index contributed by atoms with van der Waals surface area (Å²) < 4.78 is 10.8. The van der Waals surface area contributed by atoms with Crippen molar-refractivity contribution >= 4 is 17.7 Å². The van der Waals surface area contributed by atoms with Gasteiger partial charge in [-0.3, -0.25) is 4.79 Å². The molecule has 0 bridgehead atoms. The molecule has 0 aromatic heterocycles. The number of benzene rings is 2. The molecule has 0 aliphatic rings. The molecule has 2 rings (SSSR count). The predicted octanol–water partition coefficient (Wildman–Crippen LogP) is 4.42. The standard InChI is InChI=1S/C22H22N2O3/c1-5-11-27-21-13-19(26-4)10-9-17(21)12-18(14-23)22(25)24-20-8-6-7-15(2)16(20)3/h5-10,12-13H,1,11H2,2-4H3,(H,24,25)/b18-12+. The number of carbonyl (C=O) groups is 1. The van der Waals surface area contributed by atoms with Crippen LogP contribution in [0.3, 0.4) is 0 Å². The summed E-state index contributed by atoms with van der Waals surface area (Å²) in [5, 5.41) is 12.3. The number of nitrogens with one attached hydrogen (secondary N) is 1. The molecule has 138 valence electrons. The van der Waals surface area contributed by atoms with Crippen LogP contribution in [0.15, 0.2) is 54.6 Å². The van der Waals surface area contributed by atoms with Crippen LogP contribution in [0.5, 0.6) is 11.5 Å². The SMILES string of the molecule is C=CCOc1cc(OC)ccc1/C=C(\C#N)C(=O)Nc1cccc(C)c1C. The van der Waals surface area contributed by atoms with E-state index in [4.69, 9.17) is 9.47 Å². The van der Waals surface area contributed by atoms with Crippen LogP contribution >= 0.6 is 0 Å². The number of ether oxygens (including phenoxy) is 2. The Balaban J connectivity index is 2.34. The Morgan fingerprint density at radius 1 is 1.30 bits per heavy atom. The molecule has 0 saturated carbocycles. The first-order valence-electron chi connectivity index (χ1n) is 8.41. The maximum atomic E-state index is 12.6. The van der Waals surface area contributed by atoms with Crippen LogP contribution in [0, 0.1) is 25.2 Å². The van der Waals surface area contributed by atoms with E-state index >= 15 is 0 Å². The molecular weight excluding hydrogens is 340 g/mol. The van der Waals surface area contributed by atoms with E-state index in [2.05, 4.69) is 11.9 Å². The van der Waals surface area contributed by atoms with Crippen LogP contribution in [0.2, 0.25) is 0 Å². The van der Waals surface area contributed by atoms with Crippen molar-refractivity contribution in [3.05, 3.63) is 71.3 Å². The van der Waals surface area contributed by atoms with Gasteiger partial charge >= 0.3 is 0 Å². The lowest BCUT2D eigenvalue weighted by Gasteiger charge is -2.11. The summed E-state index contributed by atoms with van der Waals surface area (Å²) in [7, 11) is 1.56. The smallest absolute Gasteiger partial charge is 0.266 e. The normalized spacial score (nSPS) is 10.7. The van der Waals surface area contributed by atoms with Crippen LogP contribution in [0.4, 0.5) is 5.69 Å². The van der Waals surface area contributed by atoms with Crippen molar-refractivity contribution in [2.24, 2.45) is 0 Å². The maximum absolute atomic E-state index is 12.6. The molecule has 27 heavy (non-hydrogen) atoms. The highest BCUT2D eigenvalue weighted by molar-refractivity contribution is 6.10. The second kappa shape index (κ2) is 9.25. The molecule has 0 radical (unpaired) electrons. The molecule has 0 fully saturated rings. The number of rotatable bonds is 7. The van der Waals surface area contributed by atoms with Crippen LogP contribution in [0.1, 0.15) is 16.7 Å². The van der Waals surface area contributed by atoms with Gasteiger partial charge in [0.1, 0.15) is 29.7 Å². The van der Waals surface area contributed by atoms with Crippen molar-refractivity contribution < 1.29 is 14.3 Å². The van der Waals surface area contributed by atoms with Gasteiger partial charge in [0.2, 0.25) is 0 Å². The molecule has 0 unspecified atom stereocenters. The Kier molecular flexibility index (Phi) is 6.79. The van der Waals surface area contributed by atoms with Crippen LogP contribution in [-0.4, -0.2) is 19.6 Å². The zero-order valence-electron chi connectivity index (χ0n) is 15.7. The molecule has 0 spiro atoms. The minimum Gasteiger partial charge on any atom is -0.497 e. The third-order valence-corrected chi connectivity index (χ3v) is 4.10. The van der Waals surface area contributed by atoms with Gasteiger partial charge < -0.3 is 14.8 Å². The third kappa shape index (κ3) is 4.99. The molecule has 2 aromatic rings. The van der Waals surface area contributed by atoms with Gasteiger partial charge in [-0.2, -0.15) is 5.26 Å². The average molecular weight is 362 g/mol. The molecule has 0 saturated heterocycles. The third-order valence-electron chi connectivity index (χ3n) is 4.10. The van der Waals surface area contributed by atoms with Crippen molar-refractivity contribution in [1.29, 1.82) is 5.26 Å². The lowest BCUT2D eigenvalue weighted by molar-refractivity contribution is -0.112. The van der Waals surface area contributed by atoms with Gasteiger partial charge in [-0.25, -0.2) is 0 Å². The first-order valence-corrected chi connectivity index (χ1v) is 8.41. The van der Waals surface area contributed by atoms with Gasteiger partial charge in [0.05, 0.1) is 7.11 Å². The van der Waals surface area contributed by atoms with E-state index in [9.17, 15) is 10.1 Å². The molecule has 0 atom stereocenters. The number of hydrogen-bond acceptors (Lipinski definition) is 4. The Morgan fingerprint density at radius 3 is 2.74 bits per heavy atom. The van der Waals surface area contributed by atoms with Gasteiger partial charge in [-0.05, 0) is 49.2 Å². The highest BCUT2D eigenvalue weighted by atomic mass is 16.5. The molecule has 5 heteroatoms. The fourth-order valence-electron chi connectivity index (χ4n) is 2.41. The summed E-state index contributed by atoms with van der Waals surface area (Å²) in [4.78, 5) is 12.6. The molecule has 0 aliphatic heterocycles. The molecule has 5 nitrogen and oxygen atoms in total. The Labute approximate surface area is 159 Å². The summed E-state index contributed by atoms with van der Waals surface area (Å²) in [5.41, 5.74) is 3.28. The fraction of sp³-hybridized carbons (Fsp3) is 0.182. The summed E-state index contributed by atoms with van der Waals surface area (Å²) in [6, 6.07) is 12.8. The minimum atomic E-state index is -0.475. The summed E-state index contributed by atoms with van der Waals surface area (Å²) in [5.74, 6) is 0.641. The number of amides is 1. The highest BCUT2D eigenvalue weighted by Gasteiger charge is 2.13. The topological polar surface area (TPSA) is 71.3 Å². The van der Waals surface area contributed by atoms with E-state index in [1.54, 1.807) is 37.5 Å². The predicted molar refractivity (Wildman–Crippen MR) is 107 cm³/mol. The minimum absolute atomic E-state index is 0.0236. The Hall–Kier alpha value is -3.52. The quantitative estimate of drug-likeness (QED) is 0.449. The second-order valence-corrected chi connectivity index (χ2v) is 5.87. The van der Waals surface area contributed by atoms with E-state index in [-0.39, 0.29) is 5.57 Å². The molecule has 0 aliphatic carbocycles. The summed E-state index contributed by atoms with van der Waals surface area (Å²) in [6.45, 7) is 7.81. The molecular formula is C22H22N2O3. The lowest BCUT2D eigenvalue weighted by atomic mass is 10.1. The highest BCUT2D eigenvalue weighted by Crippen LogP contribution is 2.27. The number of carbonyl (C=O) groups excluding carboxylic acids is 1. The first-order chi connectivity index (χ1) is 13.0. The zero-order valence-corrected chi connectivity index (χ0v) is 15.7. The largest absolute Gasteiger partial charge is 0.497 e. The van der Waals surface area contributed by atoms with Gasteiger partial charge in [-0.15, -0.1) is 0 Å². The van der Waals surface area contributed by atoms with E-state index in [0.717, 1.165) is 11.1 Å². The maximum Gasteiger partial charge on any atom is 0.266 e. The van der Waals surface area contributed by atoms with Gasteiger partial charge in [0, 0.05) is 17.3 Å². The molecule has 0 heterocycles. The summed E-state index contributed by atoms with van der Waals surface area (Å²) >= 11 is 0. The Morgan fingerprint density at radius 2 is 2.07 bits per heavy atom. The Bertz CT molecular complexity index is 924. The van der Waals surface area contributed by atoms with E-state index in [0.29, 0.717) is 29.4 Å². The number of anilines is 1. The van der Waals surface area contributed by atoms with Crippen molar-refractivity contribution in [2.45, 2.75) is 13.8 Å². The van der Waals surface area contributed by atoms with E-state index in [1.807, 2.05) is 32.0 Å². The van der Waals surface area contributed by atoms with Gasteiger partial charge in [-0.1, -0.05) is 24.8 Å². The van der Waals surface area contributed by atoms with Gasteiger partial charge in [0.25, 0.3) is 5.91 Å². The van der Waals surface area contributed by atoms with Crippen LogP contribution in [-0.2, 0) is 4.79 Å². The number of nitriles is 1. The zero-order chi connectivity index (χ0) is 19.8.